The molecule has 1 N–H and O–H groups in total. The third-order valence-corrected chi connectivity index (χ3v) is 7.19. The van der Waals surface area contributed by atoms with Crippen LogP contribution in [0.5, 0.6) is 0 Å². The number of carbonyl (C=O) groups is 1. The lowest BCUT2D eigenvalue weighted by atomic mass is 9.80. The van der Waals surface area contributed by atoms with Crippen LogP contribution >= 0.6 is 0 Å². The molecule has 0 saturated carbocycles. The topological polar surface area (TPSA) is 59.0 Å². The number of benzene rings is 3. The summed E-state index contributed by atoms with van der Waals surface area (Å²) in [5.41, 5.74) is -3.06. The van der Waals surface area contributed by atoms with Gasteiger partial charge in [-0.15, -0.1) is 0 Å². The number of nitrogens with zero attached hydrogens (tertiary/aromatic N) is 1. The first-order chi connectivity index (χ1) is 19.3. The third kappa shape index (κ3) is 7.20. The highest BCUT2D eigenvalue weighted by Crippen LogP contribution is 2.41. The molecule has 1 amide bonds. The van der Waals surface area contributed by atoms with Crippen LogP contribution in [0.4, 0.5) is 31.1 Å². The first kappa shape index (κ1) is 30.4. The second-order valence-corrected chi connectivity index (χ2v) is 10.0. The molecule has 2 unspecified atom stereocenters. The van der Waals surface area contributed by atoms with E-state index in [9.17, 15) is 36.2 Å². The van der Waals surface area contributed by atoms with E-state index in [2.05, 4.69) is 0 Å². The van der Waals surface area contributed by atoms with Crippen molar-refractivity contribution >= 4 is 6.09 Å². The molecule has 1 fully saturated rings. The smallest absolute Gasteiger partial charge is 0.416 e. The molecule has 3 aromatic rings. The number of carbonyl (C=O) groups excluding carboxylic acids is 1. The van der Waals surface area contributed by atoms with E-state index in [1.807, 2.05) is 6.07 Å². The van der Waals surface area contributed by atoms with Gasteiger partial charge in [0.2, 0.25) is 0 Å². The predicted octanol–water partition coefficient (Wildman–Crippen LogP) is 7.49. The number of hydrogen-bond acceptors (Lipinski definition) is 4. The Bertz CT molecular complexity index is 1280. The highest BCUT2D eigenvalue weighted by Gasteiger charge is 2.47. The summed E-state index contributed by atoms with van der Waals surface area (Å²) in [6, 6.07) is 19.0. The minimum Gasteiger partial charge on any atom is -0.445 e. The second kappa shape index (κ2) is 12.1. The fourth-order valence-electron chi connectivity index (χ4n) is 4.92. The number of β-amino-alcohol motifs (C(OH)–C–C–N with tert-alkyl or cyclic N) is 1. The number of alkyl halides is 6. The molecule has 41 heavy (non-hydrogen) atoms. The van der Waals surface area contributed by atoms with E-state index < -0.39 is 47.3 Å². The van der Waals surface area contributed by atoms with Gasteiger partial charge in [-0.2, -0.15) is 26.3 Å². The van der Waals surface area contributed by atoms with Gasteiger partial charge in [0.1, 0.15) is 6.61 Å². The molecular weight excluding hydrogens is 552 g/mol. The minimum absolute atomic E-state index is 0.0428. The maximum Gasteiger partial charge on any atom is 0.416 e. The summed E-state index contributed by atoms with van der Waals surface area (Å²) in [6.45, 7) is 0.925. The number of aliphatic hydroxyl groups is 1. The molecule has 5 nitrogen and oxygen atoms in total. The van der Waals surface area contributed by atoms with Gasteiger partial charge >= 0.3 is 18.4 Å². The molecule has 0 bridgehead atoms. The molecule has 1 saturated heterocycles. The Morgan fingerprint density at radius 3 is 2.07 bits per heavy atom. The van der Waals surface area contributed by atoms with Gasteiger partial charge < -0.3 is 14.6 Å². The average molecular weight is 582 g/mol. The molecule has 220 valence electrons. The quantitative estimate of drug-likeness (QED) is 0.294. The minimum atomic E-state index is -5.00. The van der Waals surface area contributed by atoms with Crippen LogP contribution in [0.1, 0.15) is 53.7 Å². The lowest BCUT2D eigenvalue weighted by Gasteiger charge is -2.48. The summed E-state index contributed by atoms with van der Waals surface area (Å²) in [5.74, 6) is 0. The average Bonchev–Trinajstić information content (AvgIpc) is 2.95. The standard InChI is InChI=1S/C30H29F6NO4/c1-20(22-14-24(29(31,32)33)16-25(15-22)30(34,35)36)41-19-28(23-10-6-3-7-11-23)13-12-26(38)17-37(28)27(39)40-18-21-8-4-2-5-9-21/h2-11,14-16,20,26,38H,12-13,17-19H2,1H3/t20-,26?,28?/m1/s1. The van der Waals surface area contributed by atoms with Crippen LogP contribution < -0.4 is 0 Å². The second-order valence-electron chi connectivity index (χ2n) is 10.0. The zero-order valence-electron chi connectivity index (χ0n) is 22.1. The van der Waals surface area contributed by atoms with Crippen molar-refractivity contribution in [3.05, 3.63) is 107 Å². The number of piperidine rings is 1. The van der Waals surface area contributed by atoms with Gasteiger partial charge in [-0.3, -0.25) is 4.90 Å². The van der Waals surface area contributed by atoms with Crippen LogP contribution in [0.15, 0.2) is 78.9 Å². The number of ether oxygens (including phenoxy) is 2. The van der Waals surface area contributed by atoms with Crippen LogP contribution in [0.3, 0.4) is 0 Å². The molecule has 3 atom stereocenters. The Morgan fingerprint density at radius 1 is 0.951 bits per heavy atom. The Balaban J connectivity index is 1.65. The highest BCUT2D eigenvalue weighted by atomic mass is 19.4. The number of halogens is 6. The van der Waals surface area contributed by atoms with E-state index in [0.29, 0.717) is 17.7 Å². The molecule has 0 aliphatic carbocycles. The number of likely N-dealkylation sites (tertiary alicyclic amines) is 1. The molecule has 3 aromatic carbocycles. The van der Waals surface area contributed by atoms with Gasteiger partial charge in [-0.05, 0) is 54.7 Å². The van der Waals surface area contributed by atoms with E-state index in [0.717, 1.165) is 5.56 Å². The van der Waals surface area contributed by atoms with Crippen LogP contribution in [0, 0.1) is 0 Å². The van der Waals surface area contributed by atoms with E-state index in [-0.39, 0.29) is 44.2 Å². The van der Waals surface area contributed by atoms with Crippen LogP contribution in [0.2, 0.25) is 0 Å². The van der Waals surface area contributed by atoms with Crippen molar-refractivity contribution in [3.63, 3.8) is 0 Å². The predicted molar refractivity (Wildman–Crippen MR) is 138 cm³/mol. The van der Waals surface area contributed by atoms with Crippen molar-refractivity contribution in [1.29, 1.82) is 0 Å². The van der Waals surface area contributed by atoms with E-state index in [4.69, 9.17) is 9.47 Å². The summed E-state index contributed by atoms with van der Waals surface area (Å²) < 4.78 is 92.2. The van der Waals surface area contributed by atoms with Gasteiger partial charge in [0, 0.05) is 0 Å². The van der Waals surface area contributed by atoms with Crippen molar-refractivity contribution in [2.45, 2.75) is 56.5 Å². The maximum absolute atomic E-state index is 13.4. The zero-order chi connectivity index (χ0) is 29.8. The number of rotatable bonds is 7. The summed E-state index contributed by atoms with van der Waals surface area (Å²) >= 11 is 0. The fourth-order valence-corrected chi connectivity index (χ4v) is 4.92. The van der Waals surface area contributed by atoms with Gasteiger partial charge in [-0.25, -0.2) is 4.79 Å². The third-order valence-electron chi connectivity index (χ3n) is 7.19. The normalized spacial score (nSPS) is 20.5. The Labute approximate surface area is 233 Å². The van der Waals surface area contributed by atoms with Crippen molar-refractivity contribution in [2.24, 2.45) is 0 Å². The Morgan fingerprint density at radius 2 is 1.51 bits per heavy atom. The Hall–Kier alpha value is -3.57. The maximum atomic E-state index is 13.4. The van der Waals surface area contributed by atoms with E-state index in [1.165, 1.54) is 11.8 Å². The molecule has 1 aliphatic rings. The fraction of sp³-hybridized carbons (Fsp3) is 0.367. The monoisotopic (exact) mass is 581 g/mol. The van der Waals surface area contributed by atoms with Crippen LogP contribution in [-0.2, 0) is 34.0 Å². The van der Waals surface area contributed by atoms with Gasteiger partial charge in [0.05, 0.1) is 42.0 Å². The van der Waals surface area contributed by atoms with Crippen molar-refractivity contribution < 1.29 is 45.7 Å². The molecule has 0 aromatic heterocycles. The molecule has 1 aliphatic heterocycles. The van der Waals surface area contributed by atoms with E-state index >= 15 is 0 Å². The molecule has 1 heterocycles. The van der Waals surface area contributed by atoms with Crippen molar-refractivity contribution in [3.8, 4) is 0 Å². The molecule has 0 radical (unpaired) electrons. The SMILES string of the molecule is C[C@@H](OCC1(c2ccccc2)CCC(O)CN1C(=O)OCc1ccccc1)c1cc(C(F)(F)F)cc(C(F)(F)F)c1. The first-order valence-corrected chi connectivity index (χ1v) is 12.9. The van der Waals surface area contributed by atoms with Gasteiger partial charge in [-0.1, -0.05) is 60.7 Å². The molecule has 0 spiro atoms. The van der Waals surface area contributed by atoms with Gasteiger partial charge in [0.15, 0.2) is 0 Å². The number of hydrogen-bond donors (Lipinski definition) is 1. The van der Waals surface area contributed by atoms with Crippen molar-refractivity contribution in [1.82, 2.24) is 4.90 Å². The Kier molecular flexibility index (Phi) is 8.98. The summed E-state index contributed by atoms with van der Waals surface area (Å²) in [6.07, 6.45) is -12.3. The van der Waals surface area contributed by atoms with Crippen LogP contribution in [-0.4, -0.2) is 35.4 Å². The summed E-state index contributed by atoms with van der Waals surface area (Å²) in [5, 5.41) is 10.5. The number of amides is 1. The lowest BCUT2D eigenvalue weighted by Crippen LogP contribution is -2.58. The first-order valence-electron chi connectivity index (χ1n) is 12.9. The zero-order valence-corrected chi connectivity index (χ0v) is 22.1. The van der Waals surface area contributed by atoms with Crippen molar-refractivity contribution in [2.75, 3.05) is 13.2 Å². The molecule has 11 heteroatoms. The lowest BCUT2D eigenvalue weighted by molar-refractivity contribution is -0.143. The number of aliphatic hydroxyl groups excluding tert-OH is 1. The van der Waals surface area contributed by atoms with E-state index in [1.54, 1.807) is 54.6 Å². The summed E-state index contributed by atoms with van der Waals surface area (Å²) in [7, 11) is 0. The molecule has 4 rings (SSSR count). The highest BCUT2D eigenvalue weighted by molar-refractivity contribution is 5.69. The van der Waals surface area contributed by atoms with Crippen LogP contribution in [0.25, 0.3) is 0 Å². The molecular formula is C30H29F6NO4. The van der Waals surface area contributed by atoms with Gasteiger partial charge in [0.25, 0.3) is 0 Å². The largest absolute Gasteiger partial charge is 0.445 e. The summed E-state index contributed by atoms with van der Waals surface area (Å²) in [4.78, 5) is 14.8.